The Labute approximate surface area is 180 Å². The summed E-state index contributed by atoms with van der Waals surface area (Å²) in [4.78, 5) is 19.4. The smallest absolute Gasteiger partial charge is 0.305 e. The lowest BCUT2D eigenvalue weighted by Gasteiger charge is -2.16. The maximum atomic E-state index is 11.1. The molecule has 0 amide bonds. The van der Waals surface area contributed by atoms with E-state index >= 15 is 0 Å². The highest BCUT2D eigenvalue weighted by molar-refractivity contribution is 8.14. The molecule has 30 heavy (non-hydrogen) atoms. The second-order valence-corrected chi connectivity index (χ2v) is 9.17. The second kappa shape index (κ2) is 8.19. The van der Waals surface area contributed by atoms with E-state index in [2.05, 4.69) is 52.8 Å². The van der Waals surface area contributed by atoms with Crippen molar-refractivity contribution in [2.45, 2.75) is 44.2 Å². The Hall–Kier alpha value is -2.73. The van der Waals surface area contributed by atoms with Crippen molar-refractivity contribution in [1.82, 2.24) is 4.98 Å². The summed E-state index contributed by atoms with van der Waals surface area (Å²) in [6, 6.07) is 17.3. The quantitative estimate of drug-likeness (QED) is 0.491. The van der Waals surface area contributed by atoms with Crippen LogP contribution in [0.4, 0.5) is 5.69 Å². The van der Waals surface area contributed by atoms with Crippen LogP contribution in [-0.2, 0) is 4.79 Å². The average Bonchev–Trinajstić information content (AvgIpc) is 3.49. The number of aromatic nitrogens is 1. The highest BCUT2D eigenvalue weighted by atomic mass is 32.2. The number of carboxylic acid groups (broad SMARTS) is 1. The summed E-state index contributed by atoms with van der Waals surface area (Å²) in [6.07, 6.45) is 5.05. The van der Waals surface area contributed by atoms with Crippen LogP contribution in [0.2, 0.25) is 0 Å². The molecule has 3 aromatic rings. The molecule has 1 aliphatic heterocycles. The fourth-order valence-corrected chi connectivity index (χ4v) is 5.47. The van der Waals surface area contributed by atoms with Crippen LogP contribution in [0.25, 0.3) is 22.2 Å². The first kappa shape index (κ1) is 19.2. The van der Waals surface area contributed by atoms with Gasteiger partial charge in [0.2, 0.25) is 0 Å². The van der Waals surface area contributed by atoms with Gasteiger partial charge < -0.3 is 15.4 Å². The molecule has 0 bridgehead atoms. The van der Waals surface area contributed by atoms with Crippen molar-refractivity contribution in [2.24, 2.45) is 4.99 Å². The molecular weight excluding hydrogens is 394 g/mol. The lowest BCUT2D eigenvalue weighted by molar-refractivity contribution is -0.137. The van der Waals surface area contributed by atoms with E-state index in [4.69, 9.17) is 10.1 Å². The fourth-order valence-electron chi connectivity index (χ4n) is 4.42. The molecule has 5 rings (SSSR count). The van der Waals surface area contributed by atoms with Crippen LogP contribution < -0.4 is 5.32 Å². The molecule has 2 aromatic carbocycles. The Morgan fingerprint density at radius 3 is 2.70 bits per heavy atom. The molecule has 1 aliphatic carbocycles. The number of aromatic amines is 1. The van der Waals surface area contributed by atoms with E-state index in [1.54, 1.807) is 11.8 Å². The molecule has 1 saturated carbocycles. The zero-order chi connectivity index (χ0) is 20.5. The number of rotatable bonds is 6. The van der Waals surface area contributed by atoms with Gasteiger partial charge in [-0.3, -0.25) is 9.79 Å². The molecule has 5 nitrogen and oxygen atoms in total. The number of carboxylic acids is 1. The summed E-state index contributed by atoms with van der Waals surface area (Å²) >= 11 is 1.66. The van der Waals surface area contributed by atoms with E-state index in [9.17, 15) is 4.79 Å². The molecule has 6 heteroatoms. The lowest BCUT2D eigenvalue weighted by atomic mass is 10.1. The second-order valence-electron chi connectivity index (χ2n) is 8.16. The molecule has 1 fully saturated rings. The summed E-state index contributed by atoms with van der Waals surface area (Å²) in [5, 5.41) is 15.0. The van der Waals surface area contributed by atoms with E-state index in [0.29, 0.717) is 6.04 Å². The predicted molar refractivity (Wildman–Crippen MR) is 125 cm³/mol. The maximum Gasteiger partial charge on any atom is 0.305 e. The standard InChI is InChI=1S/C24H25N3O2S/c28-22(29)13-19-14-30-24(26-19)17-10-16-11-20(15-6-2-1-3-7-15)27-23(16)21(12-17)25-18-8-4-5-9-18/h1-3,6-7,10-12,18-19,25,27H,4-5,8-9,13-14H2,(H,28,29)/t19-/m0/s1. The summed E-state index contributed by atoms with van der Waals surface area (Å²) in [7, 11) is 0. The Morgan fingerprint density at radius 2 is 1.93 bits per heavy atom. The van der Waals surface area contributed by atoms with Crippen molar-refractivity contribution in [3.63, 3.8) is 0 Å². The van der Waals surface area contributed by atoms with Crippen LogP contribution in [0.5, 0.6) is 0 Å². The van der Waals surface area contributed by atoms with Gasteiger partial charge >= 0.3 is 5.97 Å². The molecule has 1 aromatic heterocycles. The predicted octanol–water partition coefficient (Wildman–Crippen LogP) is 5.53. The van der Waals surface area contributed by atoms with Crippen LogP contribution in [-0.4, -0.2) is 38.9 Å². The average molecular weight is 420 g/mol. The number of nitrogens with zero attached hydrogens (tertiary/aromatic N) is 1. The number of aliphatic carboxylic acids is 1. The van der Waals surface area contributed by atoms with Crippen LogP contribution >= 0.6 is 11.8 Å². The van der Waals surface area contributed by atoms with Crippen molar-refractivity contribution >= 4 is 39.4 Å². The number of aliphatic imine (C=N–C) groups is 1. The number of thioether (sulfide) groups is 1. The van der Waals surface area contributed by atoms with Gasteiger partial charge in [0.1, 0.15) is 0 Å². The number of benzene rings is 2. The first-order chi connectivity index (χ1) is 14.7. The van der Waals surface area contributed by atoms with Gasteiger partial charge in [-0.25, -0.2) is 0 Å². The largest absolute Gasteiger partial charge is 0.481 e. The van der Waals surface area contributed by atoms with Crippen LogP contribution in [0.3, 0.4) is 0 Å². The van der Waals surface area contributed by atoms with Crippen LogP contribution in [0.15, 0.2) is 53.5 Å². The molecule has 154 valence electrons. The van der Waals surface area contributed by atoms with Gasteiger partial charge in [0, 0.05) is 28.4 Å². The van der Waals surface area contributed by atoms with E-state index < -0.39 is 5.97 Å². The first-order valence-corrected chi connectivity index (χ1v) is 11.6. The van der Waals surface area contributed by atoms with Gasteiger partial charge in [-0.05, 0) is 36.6 Å². The Balaban J connectivity index is 1.55. The van der Waals surface area contributed by atoms with Crippen molar-refractivity contribution in [3.8, 4) is 11.3 Å². The number of fused-ring (bicyclic) bond motifs is 1. The van der Waals surface area contributed by atoms with Crippen LogP contribution in [0, 0.1) is 0 Å². The number of anilines is 1. The van der Waals surface area contributed by atoms with E-state index in [1.807, 2.05) is 6.07 Å². The monoisotopic (exact) mass is 419 g/mol. The molecule has 1 atom stereocenters. The third-order valence-electron chi connectivity index (χ3n) is 5.90. The zero-order valence-corrected chi connectivity index (χ0v) is 17.5. The number of nitrogens with one attached hydrogen (secondary N) is 2. The fraction of sp³-hybridized carbons (Fsp3) is 0.333. The molecule has 0 radical (unpaired) electrons. The van der Waals surface area contributed by atoms with Gasteiger partial charge in [-0.2, -0.15) is 0 Å². The molecular formula is C24H25N3O2S. The molecule has 3 N–H and O–H groups in total. The third kappa shape index (κ3) is 3.97. The molecule has 0 saturated heterocycles. The minimum atomic E-state index is -0.789. The SMILES string of the molecule is O=C(O)C[C@H]1CSC(c2cc(NC3CCCC3)c3[nH]c(-c4ccccc4)cc3c2)=N1. The van der Waals surface area contributed by atoms with E-state index in [1.165, 1.54) is 25.7 Å². The minimum absolute atomic E-state index is 0.0915. The van der Waals surface area contributed by atoms with Crippen molar-refractivity contribution in [3.05, 3.63) is 54.1 Å². The van der Waals surface area contributed by atoms with Crippen molar-refractivity contribution < 1.29 is 9.90 Å². The molecule has 0 spiro atoms. The van der Waals surface area contributed by atoms with Crippen LogP contribution in [0.1, 0.15) is 37.7 Å². The molecule has 2 aliphatic rings. The van der Waals surface area contributed by atoms with Gasteiger partial charge in [0.05, 0.1) is 28.7 Å². The van der Waals surface area contributed by atoms with Gasteiger partial charge in [-0.15, -0.1) is 11.8 Å². The minimum Gasteiger partial charge on any atom is -0.481 e. The number of hydrogen-bond acceptors (Lipinski definition) is 4. The lowest BCUT2D eigenvalue weighted by Crippen LogP contribution is -2.15. The first-order valence-electron chi connectivity index (χ1n) is 10.6. The number of hydrogen-bond donors (Lipinski definition) is 3. The molecule has 0 unspecified atom stereocenters. The summed E-state index contributed by atoms with van der Waals surface area (Å²) < 4.78 is 0. The summed E-state index contributed by atoms with van der Waals surface area (Å²) in [5.74, 6) is -0.0595. The van der Waals surface area contributed by atoms with Crippen molar-refractivity contribution in [1.29, 1.82) is 0 Å². The number of carbonyl (C=O) groups is 1. The van der Waals surface area contributed by atoms with Gasteiger partial charge in [0.25, 0.3) is 0 Å². The topological polar surface area (TPSA) is 77.5 Å². The third-order valence-corrected chi connectivity index (χ3v) is 7.06. The zero-order valence-electron chi connectivity index (χ0n) is 16.7. The van der Waals surface area contributed by atoms with E-state index in [-0.39, 0.29) is 12.5 Å². The van der Waals surface area contributed by atoms with E-state index in [0.717, 1.165) is 44.2 Å². The maximum absolute atomic E-state index is 11.1. The van der Waals surface area contributed by atoms with Gasteiger partial charge in [0.15, 0.2) is 0 Å². The summed E-state index contributed by atoms with van der Waals surface area (Å²) in [6.45, 7) is 0. The van der Waals surface area contributed by atoms with Crippen molar-refractivity contribution in [2.75, 3.05) is 11.1 Å². The number of H-pyrrole nitrogens is 1. The highest BCUT2D eigenvalue weighted by Crippen LogP contribution is 2.35. The Bertz CT molecular complexity index is 1100. The summed E-state index contributed by atoms with van der Waals surface area (Å²) in [5.41, 5.74) is 5.56. The van der Waals surface area contributed by atoms with Gasteiger partial charge in [-0.1, -0.05) is 43.2 Å². The highest BCUT2D eigenvalue weighted by Gasteiger charge is 2.24. The Kier molecular flexibility index (Phi) is 5.25. The molecule has 2 heterocycles. The Morgan fingerprint density at radius 1 is 1.13 bits per heavy atom. The normalized spacial score (nSPS) is 19.3.